The lowest BCUT2D eigenvalue weighted by Gasteiger charge is -2.24. The number of anilines is 1. The standard InChI is InChI=1S/C26H33N5O9/c1-15(2)23(29-19(32)11-12-31-20(33)9-10-21(31)34)25(38)27-16(3)24(37)28-18-7-5-17(6-8-18)14-40-26(39)30(4)13-22(35)36/h5-10,15-16,23H,11-14H2,1-4H3,(H,27,38)(H,28,37)(H,29,32)(H,35,36)/t16-,23-/m0/s1. The minimum Gasteiger partial charge on any atom is -0.480 e. The molecule has 1 heterocycles. The van der Waals surface area contributed by atoms with E-state index in [4.69, 9.17) is 9.84 Å². The Balaban J connectivity index is 1.84. The monoisotopic (exact) mass is 559 g/mol. The lowest BCUT2D eigenvalue weighted by atomic mass is 10.0. The first-order valence-electron chi connectivity index (χ1n) is 12.4. The van der Waals surface area contributed by atoms with E-state index < -0.39 is 60.2 Å². The summed E-state index contributed by atoms with van der Waals surface area (Å²) in [6.45, 7) is 4.19. The van der Waals surface area contributed by atoms with E-state index in [9.17, 15) is 33.6 Å². The molecule has 0 fully saturated rings. The van der Waals surface area contributed by atoms with Crippen LogP contribution in [0.15, 0.2) is 36.4 Å². The maximum absolute atomic E-state index is 12.8. The topological polar surface area (TPSA) is 192 Å². The summed E-state index contributed by atoms with van der Waals surface area (Å²) in [7, 11) is 1.30. The van der Waals surface area contributed by atoms with Crippen molar-refractivity contribution in [3.05, 3.63) is 42.0 Å². The number of carboxylic acids is 1. The van der Waals surface area contributed by atoms with Crippen LogP contribution in [0.25, 0.3) is 0 Å². The number of benzene rings is 1. The summed E-state index contributed by atoms with van der Waals surface area (Å²) in [4.78, 5) is 85.4. The summed E-state index contributed by atoms with van der Waals surface area (Å²) in [5, 5.41) is 16.5. The number of carbonyl (C=O) groups is 7. The lowest BCUT2D eigenvalue weighted by Crippen LogP contribution is -2.54. The van der Waals surface area contributed by atoms with Crippen molar-refractivity contribution in [2.45, 2.75) is 45.9 Å². The largest absolute Gasteiger partial charge is 0.480 e. The van der Waals surface area contributed by atoms with Crippen LogP contribution in [0.3, 0.4) is 0 Å². The maximum Gasteiger partial charge on any atom is 0.410 e. The number of rotatable bonds is 13. The second kappa shape index (κ2) is 14.4. The number of hydrogen-bond acceptors (Lipinski definition) is 8. The highest BCUT2D eigenvalue weighted by Crippen LogP contribution is 2.12. The number of amides is 6. The summed E-state index contributed by atoms with van der Waals surface area (Å²) >= 11 is 0. The van der Waals surface area contributed by atoms with Crippen LogP contribution in [0.5, 0.6) is 0 Å². The Kier molecular flexibility index (Phi) is 11.3. The molecule has 1 aromatic rings. The van der Waals surface area contributed by atoms with E-state index in [0.29, 0.717) is 11.3 Å². The highest BCUT2D eigenvalue weighted by Gasteiger charge is 2.28. The summed E-state index contributed by atoms with van der Waals surface area (Å²) in [6, 6.07) is 4.43. The number of carbonyl (C=O) groups excluding carboxylic acids is 6. The van der Waals surface area contributed by atoms with Crippen molar-refractivity contribution in [2.24, 2.45) is 5.92 Å². The number of nitrogens with one attached hydrogen (secondary N) is 3. The quantitative estimate of drug-likeness (QED) is 0.245. The molecule has 216 valence electrons. The molecule has 0 spiro atoms. The van der Waals surface area contributed by atoms with E-state index in [1.54, 1.807) is 38.1 Å². The zero-order valence-corrected chi connectivity index (χ0v) is 22.6. The van der Waals surface area contributed by atoms with Crippen LogP contribution in [0.1, 0.15) is 32.8 Å². The fraction of sp³-hybridized carbons (Fsp3) is 0.423. The zero-order chi connectivity index (χ0) is 30.0. The maximum atomic E-state index is 12.8. The van der Waals surface area contributed by atoms with Crippen LogP contribution < -0.4 is 16.0 Å². The molecule has 1 aromatic carbocycles. The van der Waals surface area contributed by atoms with Gasteiger partial charge < -0.3 is 30.7 Å². The SMILES string of the molecule is CC(C)[C@H](NC(=O)CCN1C(=O)C=CC1=O)C(=O)N[C@@H](C)C(=O)Nc1ccc(COC(=O)N(C)CC(=O)O)cc1. The Morgan fingerprint density at radius 2 is 1.55 bits per heavy atom. The molecule has 0 aliphatic carbocycles. The molecule has 0 saturated carbocycles. The van der Waals surface area contributed by atoms with Crippen LogP contribution in [-0.4, -0.2) is 88.7 Å². The zero-order valence-electron chi connectivity index (χ0n) is 22.6. The minimum atomic E-state index is -1.17. The molecule has 0 aromatic heterocycles. The third-order valence-electron chi connectivity index (χ3n) is 5.75. The average molecular weight is 560 g/mol. The summed E-state index contributed by atoms with van der Waals surface area (Å²) in [6.07, 6.45) is 1.26. The molecule has 6 amide bonds. The molecule has 0 radical (unpaired) electrons. The highest BCUT2D eigenvalue weighted by atomic mass is 16.6. The molecule has 0 unspecified atom stereocenters. The van der Waals surface area contributed by atoms with Crippen LogP contribution in [0.2, 0.25) is 0 Å². The van der Waals surface area contributed by atoms with Crippen LogP contribution in [-0.2, 0) is 40.1 Å². The van der Waals surface area contributed by atoms with Gasteiger partial charge in [-0.2, -0.15) is 0 Å². The Hall–Kier alpha value is -4.75. The molecule has 14 heteroatoms. The first-order chi connectivity index (χ1) is 18.8. The van der Waals surface area contributed by atoms with E-state index in [0.717, 1.165) is 22.0 Å². The van der Waals surface area contributed by atoms with Crippen molar-refractivity contribution < 1.29 is 43.4 Å². The molecule has 1 aliphatic rings. The first kappa shape index (κ1) is 31.5. The molecule has 14 nitrogen and oxygen atoms in total. The summed E-state index contributed by atoms with van der Waals surface area (Å²) in [5.41, 5.74) is 1.01. The number of ether oxygens (including phenoxy) is 1. The van der Waals surface area contributed by atoms with Gasteiger partial charge in [0.05, 0.1) is 0 Å². The third-order valence-corrected chi connectivity index (χ3v) is 5.75. The fourth-order valence-corrected chi connectivity index (χ4v) is 3.47. The van der Waals surface area contributed by atoms with Crippen LogP contribution in [0.4, 0.5) is 10.5 Å². The highest BCUT2D eigenvalue weighted by molar-refractivity contribution is 6.13. The van der Waals surface area contributed by atoms with Crippen molar-refractivity contribution in [1.29, 1.82) is 0 Å². The smallest absolute Gasteiger partial charge is 0.410 e. The number of nitrogens with zero attached hydrogens (tertiary/aromatic N) is 2. The predicted octanol–water partition coefficient (Wildman–Crippen LogP) is 0.239. The van der Waals surface area contributed by atoms with Gasteiger partial charge in [-0.05, 0) is 30.5 Å². The normalized spacial score (nSPS) is 14.0. The van der Waals surface area contributed by atoms with E-state index >= 15 is 0 Å². The Labute approximate surface area is 230 Å². The molecule has 2 rings (SSSR count). The van der Waals surface area contributed by atoms with Gasteiger partial charge in [-0.3, -0.25) is 33.7 Å². The third kappa shape index (κ3) is 9.53. The number of hydrogen-bond donors (Lipinski definition) is 4. The minimum absolute atomic E-state index is 0.104. The molecule has 1 aliphatic heterocycles. The number of likely N-dealkylation sites (N-methyl/N-ethyl adjacent to an activating group) is 1. The van der Waals surface area contributed by atoms with Crippen molar-refractivity contribution in [1.82, 2.24) is 20.4 Å². The lowest BCUT2D eigenvalue weighted by molar-refractivity contribution is -0.139. The number of aliphatic carboxylic acids is 1. The number of imide groups is 1. The summed E-state index contributed by atoms with van der Waals surface area (Å²) in [5.74, 6) is -4.12. The van der Waals surface area contributed by atoms with Gasteiger partial charge in [-0.15, -0.1) is 0 Å². The van der Waals surface area contributed by atoms with Crippen LogP contribution >= 0.6 is 0 Å². The first-order valence-corrected chi connectivity index (χ1v) is 12.4. The predicted molar refractivity (Wildman–Crippen MR) is 140 cm³/mol. The molecule has 0 saturated heterocycles. The molecule has 4 N–H and O–H groups in total. The van der Waals surface area contributed by atoms with Gasteiger partial charge in [0.2, 0.25) is 17.7 Å². The van der Waals surface area contributed by atoms with Gasteiger partial charge in [-0.1, -0.05) is 26.0 Å². The molecule has 40 heavy (non-hydrogen) atoms. The van der Waals surface area contributed by atoms with Gasteiger partial charge in [0, 0.05) is 37.9 Å². The second-order valence-corrected chi connectivity index (χ2v) is 9.42. The molecule has 0 bridgehead atoms. The van der Waals surface area contributed by atoms with Crippen molar-refractivity contribution in [2.75, 3.05) is 25.5 Å². The van der Waals surface area contributed by atoms with Crippen molar-refractivity contribution >= 4 is 47.3 Å². The molecular formula is C26H33N5O9. The Bertz CT molecular complexity index is 1160. The molecule has 2 atom stereocenters. The average Bonchev–Trinajstić information content (AvgIpc) is 3.21. The van der Waals surface area contributed by atoms with Crippen molar-refractivity contribution in [3.63, 3.8) is 0 Å². The van der Waals surface area contributed by atoms with Crippen molar-refractivity contribution in [3.8, 4) is 0 Å². The number of carboxylic acid groups (broad SMARTS) is 1. The van der Waals surface area contributed by atoms with Gasteiger partial charge >= 0.3 is 12.1 Å². The van der Waals surface area contributed by atoms with E-state index in [-0.39, 0.29) is 25.5 Å². The molecular weight excluding hydrogens is 526 g/mol. The Morgan fingerprint density at radius 3 is 2.10 bits per heavy atom. The second-order valence-electron chi connectivity index (χ2n) is 9.42. The van der Waals surface area contributed by atoms with Gasteiger partial charge in [0.15, 0.2) is 0 Å². The van der Waals surface area contributed by atoms with E-state index in [1.165, 1.54) is 14.0 Å². The fourth-order valence-electron chi connectivity index (χ4n) is 3.47. The van der Waals surface area contributed by atoms with E-state index in [1.807, 2.05) is 0 Å². The summed E-state index contributed by atoms with van der Waals surface area (Å²) < 4.78 is 5.04. The van der Waals surface area contributed by atoms with Gasteiger partial charge in [0.1, 0.15) is 25.2 Å². The van der Waals surface area contributed by atoms with Crippen LogP contribution in [0, 0.1) is 5.92 Å². The Morgan fingerprint density at radius 1 is 0.950 bits per heavy atom. The van der Waals surface area contributed by atoms with Gasteiger partial charge in [-0.25, -0.2) is 4.79 Å². The van der Waals surface area contributed by atoms with E-state index in [2.05, 4.69) is 16.0 Å². The van der Waals surface area contributed by atoms with Gasteiger partial charge in [0.25, 0.3) is 11.8 Å².